The second-order valence-electron chi connectivity index (χ2n) is 7.79. The summed E-state index contributed by atoms with van der Waals surface area (Å²) in [6.07, 6.45) is 4.68. The third-order valence-corrected chi connectivity index (χ3v) is 12.7. The fraction of sp³-hybridized carbons (Fsp3) is 0.941. The molecule has 2 nitrogen and oxygen atoms in total. The van der Waals surface area contributed by atoms with E-state index in [4.69, 9.17) is 4.43 Å². The third-order valence-electron chi connectivity index (χ3n) is 4.77. The van der Waals surface area contributed by atoms with Gasteiger partial charge in [0.25, 0.3) is 0 Å². The molecule has 0 N–H and O–H groups in total. The van der Waals surface area contributed by atoms with Gasteiger partial charge in [0, 0.05) is 19.4 Å². The van der Waals surface area contributed by atoms with Gasteiger partial charge in [-0.15, -0.1) is 23.5 Å². The fourth-order valence-corrected chi connectivity index (χ4v) is 6.66. The molecule has 0 saturated carbocycles. The van der Waals surface area contributed by atoms with Gasteiger partial charge in [-0.1, -0.05) is 27.7 Å². The number of carbonyl (C=O) groups excluding carboxylic acids is 1. The van der Waals surface area contributed by atoms with Crippen molar-refractivity contribution in [2.75, 3.05) is 18.1 Å². The number of rotatable bonds is 8. The maximum absolute atomic E-state index is 12.2. The Morgan fingerprint density at radius 1 is 1.23 bits per heavy atom. The van der Waals surface area contributed by atoms with Crippen molar-refractivity contribution in [3.05, 3.63) is 0 Å². The zero-order chi connectivity index (χ0) is 16.9. The molecule has 1 heterocycles. The molecule has 1 aliphatic heterocycles. The van der Waals surface area contributed by atoms with Gasteiger partial charge in [-0.25, -0.2) is 0 Å². The Morgan fingerprint density at radius 3 is 2.32 bits per heavy atom. The normalized spacial score (nSPS) is 19.2. The van der Waals surface area contributed by atoms with Crippen LogP contribution in [-0.4, -0.2) is 36.3 Å². The molecule has 0 atom stereocenters. The van der Waals surface area contributed by atoms with Crippen LogP contribution >= 0.6 is 23.5 Å². The second kappa shape index (κ2) is 8.59. The van der Waals surface area contributed by atoms with Crippen LogP contribution in [0.5, 0.6) is 0 Å². The van der Waals surface area contributed by atoms with Crippen molar-refractivity contribution in [3.8, 4) is 0 Å². The zero-order valence-corrected chi connectivity index (χ0v) is 17.9. The molecule has 0 aromatic heterocycles. The molecule has 1 rings (SSSR count). The van der Waals surface area contributed by atoms with Gasteiger partial charge >= 0.3 is 0 Å². The van der Waals surface area contributed by atoms with E-state index >= 15 is 0 Å². The van der Waals surface area contributed by atoms with E-state index in [2.05, 4.69) is 40.8 Å². The molecular formula is C17H34O2S2Si. The number of Topliss-reactive ketones (excluding diaryl/α,β-unsaturated/α-hetero) is 1. The molecule has 0 radical (unpaired) electrons. The highest BCUT2D eigenvalue weighted by atomic mass is 32.2. The Balaban J connectivity index is 2.60. The minimum Gasteiger partial charge on any atom is -0.417 e. The van der Waals surface area contributed by atoms with Crippen LogP contribution in [0.2, 0.25) is 18.1 Å². The summed E-state index contributed by atoms with van der Waals surface area (Å²) in [6.45, 7) is 14.4. The lowest BCUT2D eigenvalue weighted by Crippen LogP contribution is -2.42. The fourth-order valence-electron chi connectivity index (χ4n) is 2.30. The van der Waals surface area contributed by atoms with E-state index in [0.29, 0.717) is 5.78 Å². The summed E-state index contributed by atoms with van der Waals surface area (Å²) in [4.78, 5) is 12.2. The monoisotopic (exact) mass is 362 g/mol. The average molecular weight is 363 g/mol. The number of hydrogen-bond acceptors (Lipinski definition) is 4. The van der Waals surface area contributed by atoms with Crippen LogP contribution in [0.3, 0.4) is 0 Å². The summed E-state index contributed by atoms with van der Waals surface area (Å²) in [6, 6.07) is 0. The first-order chi connectivity index (χ1) is 10.1. The molecule has 0 aromatic carbocycles. The smallest absolute Gasteiger partial charge is 0.191 e. The summed E-state index contributed by atoms with van der Waals surface area (Å²) in [5, 5.41) is 0.255. The molecule has 0 aromatic rings. The van der Waals surface area contributed by atoms with Gasteiger partial charge in [0.2, 0.25) is 0 Å². The topological polar surface area (TPSA) is 26.3 Å². The molecule has 0 aliphatic carbocycles. The summed E-state index contributed by atoms with van der Waals surface area (Å²) < 4.78 is 6.44. The van der Waals surface area contributed by atoms with Crippen molar-refractivity contribution in [1.82, 2.24) is 0 Å². The van der Waals surface area contributed by atoms with Gasteiger partial charge in [-0.05, 0) is 48.9 Å². The van der Waals surface area contributed by atoms with Crippen LogP contribution in [0, 0.1) is 0 Å². The number of ketones is 1. The number of thioether (sulfide) groups is 2. The lowest BCUT2D eigenvalue weighted by atomic mass is 10.1. The van der Waals surface area contributed by atoms with Crippen LogP contribution in [0.25, 0.3) is 0 Å². The van der Waals surface area contributed by atoms with Crippen LogP contribution in [-0.2, 0) is 9.22 Å². The summed E-state index contributed by atoms with van der Waals surface area (Å²) in [7, 11) is -1.68. The quantitative estimate of drug-likeness (QED) is 0.515. The highest BCUT2D eigenvalue weighted by molar-refractivity contribution is 8.18. The highest BCUT2D eigenvalue weighted by Crippen LogP contribution is 2.48. The number of carbonyl (C=O) groups is 1. The Bertz CT molecular complexity index is 358. The molecule has 1 aliphatic rings. The molecule has 22 heavy (non-hydrogen) atoms. The summed E-state index contributed by atoms with van der Waals surface area (Å²) in [5.74, 6) is 2.80. The molecule has 1 saturated heterocycles. The van der Waals surface area contributed by atoms with Crippen LogP contribution in [0.15, 0.2) is 0 Å². The molecule has 0 bridgehead atoms. The van der Waals surface area contributed by atoms with Gasteiger partial charge in [0.15, 0.2) is 8.32 Å². The molecular weight excluding hydrogens is 328 g/mol. The van der Waals surface area contributed by atoms with Gasteiger partial charge in [-0.3, -0.25) is 4.79 Å². The Kier molecular flexibility index (Phi) is 8.04. The summed E-state index contributed by atoms with van der Waals surface area (Å²) >= 11 is 4.00. The zero-order valence-electron chi connectivity index (χ0n) is 15.3. The molecule has 0 unspecified atom stereocenters. The Morgan fingerprint density at radius 2 is 1.82 bits per heavy atom. The van der Waals surface area contributed by atoms with E-state index in [1.807, 2.05) is 23.5 Å². The van der Waals surface area contributed by atoms with Crippen LogP contribution in [0.4, 0.5) is 0 Å². The molecule has 5 heteroatoms. The van der Waals surface area contributed by atoms with E-state index in [0.717, 1.165) is 32.3 Å². The van der Waals surface area contributed by atoms with Crippen LogP contribution in [0.1, 0.15) is 59.8 Å². The number of hydrogen-bond donors (Lipinski definition) is 0. The van der Waals surface area contributed by atoms with Crippen molar-refractivity contribution in [2.45, 2.75) is 82.0 Å². The van der Waals surface area contributed by atoms with E-state index in [9.17, 15) is 4.79 Å². The van der Waals surface area contributed by atoms with Crippen molar-refractivity contribution < 1.29 is 9.22 Å². The van der Waals surface area contributed by atoms with Crippen LogP contribution < -0.4 is 0 Å². The standard InChI is InChI=1S/C17H34O2S2Si/c1-7-9-15(18)14-17(20-12-8-13-21-17)10-11-19-22(5,6)16(2,3)4/h7-14H2,1-6H3. The first kappa shape index (κ1) is 20.6. The third kappa shape index (κ3) is 6.21. The predicted octanol–water partition coefficient (Wildman–Crippen LogP) is 5.72. The van der Waals surface area contributed by atoms with Gasteiger partial charge in [0.05, 0.1) is 4.08 Å². The predicted molar refractivity (Wildman–Crippen MR) is 105 cm³/mol. The largest absolute Gasteiger partial charge is 0.417 e. The van der Waals surface area contributed by atoms with Gasteiger partial charge in [0.1, 0.15) is 5.78 Å². The van der Waals surface area contributed by atoms with Crippen molar-refractivity contribution in [3.63, 3.8) is 0 Å². The van der Waals surface area contributed by atoms with Gasteiger partial charge < -0.3 is 4.43 Å². The molecule has 1 fully saturated rings. The van der Waals surface area contributed by atoms with E-state index in [-0.39, 0.29) is 9.12 Å². The average Bonchev–Trinajstić information content (AvgIpc) is 2.38. The van der Waals surface area contributed by atoms with Crippen molar-refractivity contribution in [1.29, 1.82) is 0 Å². The molecule has 0 spiro atoms. The minimum absolute atomic E-state index is 0.0763. The molecule has 130 valence electrons. The van der Waals surface area contributed by atoms with Gasteiger partial charge in [-0.2, -0.15) is 0 Å². The maximum Gasteiger partial charge on any atom is 0.191 e. The summed E-state index contributed by atoms with van der Waals surface area (Å²) in [5.41, 5.74) is 0. The second-order valence-corrected chi connectivity index (χ2v) is 15.8. The first-order valence-electron chi connectivity index (χ1n) is 8.55. The first-order valence-corrected chi connectivity index (χ1v) is 13.4. The highest BCUT2D eigenvalue weighted by Gasteiger charge is 2.39. The van der Waals surface area contributed by atoms with E-state index in [1.54, 1.807) is 0 Å². The SMILES string of the molecule is CCCC(=O)CC1(CCO[Si](C)(C)C(C)(C)C)SCCCS1. The maximum atomic E-state index is 12.2. The van der Waals surface area contributed by atoms with Crippen molar-refractivity contribution >= 4 is 37.6 Å². The minimum atomic E-state index is -1.68. The van der Waals surface area contributed by atoms with E-state index < -0.39 is 8.32 Å². The Labute approximate surface area is 147 Å². The lowest BCUT2D eigenvalue weighted by molar-refractivity contribution is -0.119. The van der Waals surface area contributed by atoms with Crippen molar-refractivity contribution in [2.24, 2.45) is 0 Å². The Hall–Kier alpha value is 0.547. The lowest BCUT2D eigenvalue weighted by Gasteiger charge is -2.39. The molecule has 0 amide bonds. The van der Waals surface area contributed by atoms with E-state index in [1.165, 1.54) is 17.9 Å².